The summed E-state index contributed by atoms with van der Waals surface area (Å²) in [6, 6.07) is 6.26. The van der Waals surface area contributed by atoms with E-state index in [1.165, 1.54) is 7.11 Å². The van der Waals surface area contributed by atoms with Crippen LogP contribution in [0.4, 0.5) is 4.79 Å². The minimum absolute atomic E-state index is 0.0105. The van der Waals surface area contributed by atoms with Crippen molar-refractivity contribution in [3.05, 3.63) is 29.8 Å². The SMILES string of the molecule is COc1ccccc1COC(=O)N[C@H]1CCC(=O)OC1=O. The van der Waals surface area contributed by atoms with Crippen molar-refractivity contribution in [3.63, 3.8) is 0 Å². The van der Waals surface area contributed by atoms with Crippen molar-refractivity contribution < 1.29 is 28.6 Å². The molecule has 0 unspecified atom stereocenters. The fourth-order valence-corrected chi connectivity index (χ4v) is 1.89. The summed E-state index contributed by atoms with van der Waals surface area (Å²) in [6.07, 6.45) is -0.456. The van der Waals surface area contributed by atoms with Crippen molar-refractivity contribution >= 4 is 18.0 Å². The number of carbonyl (C=O) groups excluding carboxylic acids is 3. The number of alkyl carbamates (subject to hydrolysis) is 1. The van der Waals surface area contributed by atoms with Gasteiger partial charge in [-0.15, -0.1) is 0 Å². The van der Waals surface area contributed by atoms with Gasteiger partial charge in [-0.05, 0) is 12.5 Å². The summed E-state index contributed by atoms with van der Waals surface area (Å²) in [5.74, 6) is -0.742. The van der Waals surface area contributed by atoms with Crippen LogP contribution in [0.3, 0.4) is 0 Å². The average Bonchev–Trinajstić information content (AvgIpc) is 2.48. The molecule has 0 aliphatic carbocycles. The van der Waals surface area contributed by atoms with Crippen molar-refractivity contribution in [3.8, 4) is 5.75 Å². The van der Waals surface area contributed by atoms with Crippen LogP contribution >= 0.6 is 0 Å². The van der Waals surface area contributed by atoms with Gasteiger partial charge >= 0.3 is 18.0 Å². The average molecular weight is 293 g/mol. The summed E-state index contributed by atoms with van der Waals surface area (Å²) in [5.41, 5.74) is 0.705. The van der Waals surface area contributed by atoms with Gasteiger partial charge in [0.2, 0.25) is 0 Å². The summed E-state index contributed by atoms with van der Waals surface area (Å²) in [5, 5.41) is 2.37. The Kier molecular flexibility index (Phi) is 4.76. The second kappa shape index (κ2) is 6.74. The van der Waals surface area contributed by atoms with Gasteiger partial charge in [0.25, 0.3) is 0 Å². The molecule has 0 radical (unpaired) electrons. The number of benzene rings is 1. The van der Waals surface area contributed by atoms with Gasteiger partial charge in [-0.3, -0.25) is 4.79 Å². The Labute approximate surface area is 121 Å². The third kappa shape index (κ3) is 3.95. The summed E-state index contributed by atoms with van der Waals surface area (Å²) < 4.78 is 14.6. The van der Waals surface area contributed by atoms with Gasteiger partial charge in [-0.25, -0.2) is 9.59 Å². The molecule has 1 atom stereocenters. The fourth-order valence-electron chi connectivity index (χ4n) is 1.89. The van der Waals surface area contributed by atoms with E-state index in [2.05, 4.69) is 10.1 Å². The molecule has 0 spiro atoms. The summed E-state index contributed by atoms with van der Waals surface area (Å²) in [4.78, 5) is 33.9. The molecule has 7 nitrogen and oxygen atoms in total. The van der Waals surface area contributed by atoms with Crippen molar-refractivity contribution in [1.82, 2.24) is 5.32 Å². The second-order valence-corrected chi connectivity index (χ2v) is 4.42. The fraction of sp³-hybridized carbons (Fsp3) is 0.357. The molecule has 1 fully saturated rings. The standard InChI is InChI=1S/C14H15NO6/c1-19-11-5-3-2-4-9(11)8-20-14(18)15-10-6-7-12(16)21-13(10)17/h2-5,10H,6-8H2,1H3,(H,15,18)/t10-/m0/s1. The number of rotatable bonds is 4. The predicted octanol–water partition coefficient (Wildman–Crippen LogP) is 1.15. The lowest BCUT2D eigenvalue weighted by Crippen LogP contribution is -2.45. The number of methoxy groups -OCH3 is 1. The maximum Gasteiger partial charge on any atom is 0.408 e. The van der Waals surface area contributed by atoms with Crippen LogP contribution in [0.5, 0.6) is 5.75 Å². The number of ether oxygens (including phenoxy) is 3. The molecular weight excluding hydrogens is 278 g/mol. The maximum atomic E-state index is 11.6. The number of hydrogen-bond acceptors (Lipinski definition) is 6. The first kappa shape index (κ1) is 14.8. The Hall–Kier alpha value is -2.57. The topological polar surface area (TPSA) is 90.9 Å². The van der Waals surface area contributed by atoms with Gasteiger partial charge in [0.1, 0.15) is 18.4 Å². The highest BCUT2D eigenvalue weighted by Gasteiger charge is 2.30. The van der Waals surface area contributed by atoms with Crippen LogP contribution < -0.4 is 10.1 Å². The minimum Gasteiger partial charge on any atom is -0.496 e. The molecule has 1 aromatic rings. The van der Waals surface area contributed by atoms with E-state index in [0.717, 1.165) is 0 Å². The van der Waals surface area contributed by atoms with Crippen molar-refractivity contribution in [1.29, 1.82) is 0 Å². The van der Waals surface area contributed by atoms with Crippen molar-refractivity contribution in [2.24, 2.45) is 0 Å². The molecule has 1 N–H and O–H groups in total. The van der Waals surface area contributed by atoms with E-state index in [-0.39, 0.29) is 19.4 Å². The van der Waals surface area contributed by atoms with Gasteiger partial charge in [0.05, 0.1) is 7.11 Å². The molecule has 1 amide bonds. The first-order valence-electron chi connectivity index (χ1n) is 6.40. The molecule has 112 valence electrons. The molecule has 1 aliphatic rings. The van der Waals surface area contributed by atoms with Crippen LogP contribution in [-0.2, 0) is 25.7 Å². The minimum atomic E-state index is -0.854. The van der Waals surface area contributed by atoms with Gasteiger partial charge < -0.3 is 19.5 Å². The zero-order valence-corrected chi connectivity index (χ0v) is 11.5. The summed E-state index contributed by atoms with van der Waals surface area (Å²) >= 11 is 0. The quantitative estimate of drug-likeness (QED) is 0.661. The number of para-hydroxylation sites is 1. The van der Waals surface area contributed by atoms with Gasteiger partial charge in [-0.2, -0.15) is 0 Å². The van der Waals surface area contributed by atoms with Gasteiger partial charge in [-0.1, -0.05) is 18.2 Å². The van der Waals surface area contributed by atoms with Crippen LogP contribution in [0.15, 0.2) is 24.3 Å². The lowest BCUT2D eigenvalue weighted by Gasteiger charge is -2.20. The molecule has 1 saturated heterocycles. The number of amides is 1. The molecule has 1 heterocycles. The molecular formula is C14H15NO6. The smallest absolute Gasteiger partial charge is 0.408 e. The molecule has 0 bridgehead atoms. The molecule has 1 aliphatic heterocycles. The Morgan fingerprint density at radius 2 is 2.14 bits per heavy atom. The molecule has 0 saturated carbocycles. The number of nitrogens with one attached hydrogen (secondary N) is 1. The Morgan fingerprint density at radius 1 is 1.38 bits per heavy atom. The monoisotopic (exact) mass is 293 g/mol. The van der Waals surface area contributed by atoms with Gasteiger partial charge in [0, 0.05) is 12.0 Å². The highest BCUT2D eigenvalue weighted by Crippen LogP contribution is 2.18. The predicted molar refractivity (Wildman–Crippen MR) is 70.4 cm³/mol. The number of carbonyl (C=O) groups is 3. The first-order valence-corrected chi connectivity index (χ1v) is 6.40. The zero-order valence-electron chi connectivity index (χ0n) is 11.5. The van der Waals surface area contributed by atoms with Crippen LogP contribution in [0.1, 0.15) is 18.4 Å². The molecule has 7 heteroatoms. The van der Waals surface area contributed by atoms with Crippen LogP contribution in [0.25, 0.3) is 0 Å². The third-order valence-electron chi connectivity index (χ3n) is 2.98. The lowest BCUT2D eigenvalue weighted by atomic mass is 10.1. The van der Waals surface area contributed by atoms with Crippen LogP contribution in [-0.4, -0.2) is 31.2 Å². The highest BCUT2D eigenvalue weighted by atomic mass is 16.6. The number of esters is 2. The van der Waals surface area contributed by atoms with Gasteiger partial charge in [0.15, 0.2) is 0 Å². The van der Waals surface area contributed by atoms with E-state index in [9.17, 15) is 14.4 Å². The van der Waals surface area contributed by atoms with Crippen LogP contribution in [0.2, 0.25) is 0 Å². The zero-order chi connectivity index (χ0) is 15.2. The van der Waals surface area contributed by atoms with Crippen molar-refractivity contribution in [2.45, 2.75) is 25.5 Å². The lowest BCUT2D eigenvalue weighted by molar-refractivity contribution is -0.165. The second-order valence-electron chi connectivity index (χ2n) is 4.42. The van der Waals surface area contributed by atoms with E-state index >= 15 is 0 Å². The Bertz CT molecular complexity index is 556. The molecule has 0 aromatic heterocycles. The Morgan fingerprint density at radius 3 is 2.86 bits per heavy atom. The van der Waals surface area contributed by atoms with E-state index in [1.807, 2.05) is 0 Å². The van der Waals surface area contributed by atoms with E-state index in [0.29, 0.717) is 11.3 Å². The molecule has 21 heavy (non-hydrogen) atoms. The summed E-state index contributed by atoms with van der Waals surface area (Å²) in [7, 11) is 1.52. The number of hydrogen-bond donors (Lipinski definition) is 1. The van der Waals surface area contributed by atoms with E-state index < -0.39 is 24.1 Å². The largest absolute Gasteiger partial charge is 0.496 e. The normalized spacial score (nSPS) is 17.9. The Balaban J connectivity index is 1.85. The van der Waals surface area contributed by atoms with Crippen LogP contribution in [0, 0.1) is 0 Å². The first-order chi connectivity index (χ1) is 10.1. The number of cyclic esters (lactones) is 2. The summed E-state index contributed by atoms with van der Waals surface area (Å²) in [6.45, 7) is 0.0105. The van der Waals surface area contributed by atoms with E-state index in [1.54, 1.807) is 24.3 Å². The molecule has 2 rings (SSSR count). The molecule has 1 aromatic carbocycles. The highest BCUT2D eigenvalue weighted by molar-refractivity contribution is 5.92. The van der Waals surface area contributed by atoms with Crippen molar-refractivity contribution in [2.75, 3.05) is 7.11 Å². The maximum absolute atomic E-state index is 11.6. The van der Waals surface area contributed by atoms with E-state index in [4.69, 9.17) is 9.47 Å². The third-order valence-corrected chi connectivity index (χ3v) is 2.98.